The molecule has 3 aromatic rings. The van der Waals surface area contributed by atoms with Gasteiger partial charge in [0.2, 0.25) is 23.6 Å². The maximum atomic E-state index is 14.3. The lowest BCUT2D eigenvalue weighted by Gasteiger charge is -2.37. The smallest absolute Gasteiger partial charge is 0.312 e. The number of carboxylic acids is 1. The molecule has 0 bridgehead atoms. The molecule has 2 aromatic carbocycles. The topological polar surface area (TPSA) is 257 Å². The summed E-state index contributed by atoms with van der Waals surface area (Å²) in [5.41, 5.74) is 8.67. The fraction of sp³-hybridized carbons (Fsp3) is 0.462. The van der Waals surface area contributed by atoms with E-state index in [1.54, 1.807) is 6.20 Å². The lowest BCUT2D eigenvalue weighted by molar-refractivity contribution is -0.146. The van der Waals surface area contributed by atoms with Gasteiger partial charge in [-0.25, -0.2) is 4.79 Å². The highest BCUT2D eigenvalue weighted by atomic mass is 16.6. The van der Waals surface area contributed by atoms with Crippen LogP contribution in [0.5, 0.6) is 0 Å². The molecule has 17 heteroatoms. The number of carbonyl (C=O) groups excluding carboxylic acids is 6. The molecule has 9 N–H and O–H groups in total. The van der Waals surface area contributed by atoms with Crippen molar-refractivity contribution in [1.29, 1.82) is 0 Å². The van der Waals surface area contributed by atoms with E-state index in [0.29, 0.717) is 19.3 Å². The van der Waals surface area contributed by atoms with E-state index >= 15 is 0 Å². The molecule has 0 radical (unpaired) electrons. The number of hydrogen-bond donors (Lipinski definition) is 8. The average Bonchev–Trinajstić information content (AvgIpc) is 3.97. The van der Waals surface area contributed by atoms with Crippen LogP contribution in [0.2, 0.25) is 0 Å². The van der Waals surface area contributed by atoms with Gasteiger partial charge >= 0.3 is 12.0 Å². The van der Waals surface area contributed by atoms with Crippen molar-refractivity contribution < 1.29 is 43.4 Å². The summed E-state index contributed by atoms with van der Waals surface area (Å²) in [6.07, 6.45) is 2.36. The van der Waals surface area contributed by atoms with Crippen molar-refractivity contribution in [3.63, 3.8) is 0 Å². The molecule has 0 spiro atoms. The third-order valence-corrected chi connectivity index (χ3v) is 9.90. The highest BCUT2D eigenvalue weighted by Crippen LogP contribution is 2.22. The van der Waals surface area contributed by atoms with Gasteiger partial charge in [0.15, 0.2) is 6.10 Å². The Morgan fingerprint density at radius 3 is 2.34 bits per heavy atom. The van der Waals surface area contributed by atoms with Crippen molar-refractivity contribution in [2.24, 2.45) is 5.73 Å². The van der Waals surface area contributed by atoms with Gasteiger partial charge in [-0.1, -0.05) is 48.0 Å². The van der Waals surface area contributed by atoms with E-state index in [1.807, 2.05) is 55.5 Å². The van der Waals surface area contributed by atoms with Crippen molar-refractivity contribution in [3.05, 3.63) is 71.4 Å². The number of benzene rings is 2. The number of primary amides is 1. The van der Waals surface area contributed by atoms with E-state index in [-0.39, 0.29) is 51.9 Å². The Balaban J connectivity index is 1.36. The van der Waals surface area contributed by atoms with Gasteiger partial charge in [-0.15, -0.1) is 0 Å². The summed E-state index contributed by atoms with van der Waals surface area (Å²) in [6.45, 7) is 2.69. The molecule has 3 heterocycles. The van der Waals surface area contributed by atoms with E-state index < -0.39 is 78.2 Å². The fourth-order valence-electron chi connectivity index (χ4n) is 6.73. The molecule has 2 aliphatic heterocycles. The number of fused-ring (bicyclic) bond motifs is 1. The number of H-pyrrole nitrogens is 1. The lowest BCUT2D eigenvalue weighted by Crippen LogP contribution is -2.61. The number of rotatable bonds is 19. The molecule has 4 unspecified atom stereocenters. The molecule has 5 atom stereocenters. The van der Waals surface area contributed by atoms with Crippen LogP contribution in [0.1, 0.15) is 61.6 Å². The van der Waals surface area contributed by atoms with Gasteiger partial charge in [0.05, 0.1) is 6.61 Å². The maximum absolute atomic E-state index is 14.3. The number of carboxylic acid groups (broad SMARTS) is 1. The van der Waals surface area contributed by atoms with Gasteiger partial charge in [0, 0.05) is 49.6 Å². The predicted molar refractivity (Wildman–Crippen MR) is 204 cm³/mol. The Kier molecular flexibility index (Phi) is 14.4. The molecule has 2 fully saturated rings. The van der Waals surface area contributed by atoms with Gasteiger partial charge in [-0.05, 0) is 62.6 Å². The zero-order valence-electron chi connectivity index (χ0n) is 31.3. The SMILES string of the molecule is Cc1ccc(CNC(=O)C(CCCNC(N)=O)NC(=O)C(Cc2c[nH]c3ccccc23)NC(=O)[C@@H]2CCCCN2C(=O)C(CCC(=O)O)NC(=O)C2CO2)cc1. The molecule has 300 valence electrons. The molecule has 0 saturated carbocycles. The highest BCUT2D eigenvalue weighted by molar-refractivity contribution is 5.97. The van der Waals surface area contributed by atoms with Crippen molar-refractivity contribution >= 4 is 52.4 Å². The van der Waals surface area contributed by atoms with Crippen molar-refractivity contribution in [2.75, 3.05) is 19.7 Å². The first-order chi connectivity index (χ1) is 26.9. The number of aliphatic carboxylic acids is 1. The Labute approximate surface area is 323 Å². The minimum absolute atomic E-state index is 0.0296. The number of nitrogens with zero attached hydrogens (tertiary/aromatic N) is 1. The second-order valence-electron chi connectivity index (χ2n) is 14.2. The van der Waals surface area contributed by atoms with E-state index in [2.05, 4.69) is 31.6 Å². The Bertz CT molecular complexity index is 1890. The van der Waals surface area contributed by atoms with Crippen LogP contribution in [0.3, 0.4) is 0 Å². The number of nitrogens with two attached hydrogens (primary N) is 1. The molecular formula is C39H50N8O9. The first-order valence-corrected chi connectivity index (χ1v) is 18.9. The minimum atomic E-state index is -1.20. The largest absolute Gasteiger partial charge is 0.481 e. The summed E-state index contributed by atoms with van der Waals surface area (Å²) >= 11 is 0. The summed E-state index contributed by atoms with van der Waals surface area (Å²) in [7, 11) is 0. The predicted octanol–water partition coefficient (Wildman–Crippen LogP) is 0.883. The van der Waals surface area contributed by atoms with Crippen LogP contribution in [-0.4, -0.2) is 106 Å². The van der Waals surface area contributed by atoms with Crippen LogP contribution in [0, 0.1) is 6.92 Å². The fourth-order valence-corrected chi connectivity index (χ4v) is 6.73. The normalized spacial score (nSPS) is 17.8. The zero-order chi connectivity index (χ0) is 40.2. The molecule has 2 saturated heterocycles. The van der Waals surface area contributed by atoms with E-state index in [9.17, 15) is 38.7 Å². The standard InChI is InChI=1S/C39H50N8O9/c1-23-11-13-24(14-12-23)20-43-34(50)28(9-6-17-41-39(40)55)44-35(51)30(19-25-21-42-27-8-3-2-7-26(25)27)46-36(52)31-10-4-5-18-47(31)38(54)29(15-16-33(48)49)45-37(53)32-22-56-32/h2-3,7-8,11-14,21,28-32,42H,4-6,9-10,15-20,22H2,1H3,(H,43,50)(H,44,51)(H,45,53)(H,46,52)(H,48,49)(H3,40,41,55)/t28?,29?,30?,31-,32?/m0/s1. The first-order valence-electron chi connectivity index (χ1n) is 18.9. The summed E-state index contributed by atoms with van der Waals surface area (Å²) in [5.74, 6) is -4.02. The molecule has 7 amide bonds. The number of aromatic amines is 1. The number of nitrogens with one attached hydrogen (secondary N) is 6. The van der Waals surface area contributed by atoms with Crippen LogP contribution < -0.4 is 32.3 Å². The van der Waals surface area contributed by atoms with Gasteiger partial charge in [-0.2, -0.15) is 0 Å². The van der Waals surface area contributed by atoms with Gasteiger partial charge in [0.1, 0.15) is 24.2 Å². The number of epoxide rings is 1. The third kappa shape index (κ3) is 11.8. The number of piperidine rings is 1. The van der Waals surface area contributed by atoms with Crippen LogP contribution in [0.4, 0.5) is 4.79 Å². The number of likely N-dealkylation sites (tertiary alicyclic amines) is 1. The number of ether oxygens (including phenoxy) is 1. The van der Waals surface area contributed by atoms with Gasteiger partial charge < -0.3 is 52.0 Å². The summed E-state index contributed by atoms with van der Waals surface area (Å²) in [6, 6.07) is 9.88. The van der Waals surface area contributed by atoms with Crippen molar-refractivity contribution in [1.82, 2.24) is 36.5 Å². The van der Waals surface area contributed by atoms with Crippen molar-refractivity contribution in [3.8, 4) is 0 Å². The first kappa shape index (κ1) is 41.2. The molecule has 5 rings (SSSR count). The number of amides is 7. The quantitative estimate of drug-likeness (QED) is 0.0635. The Hall–Kier alpha value is -5.97. The average molecular weight is 775 g/mol. The second kappa shape index (κ2) is 19.6. The number of para-hydroxylation sites is 1. The second-order valence-corrected chi connectivity index (χ2v) is 14.2. The minimum Gasteiger partial charge on any atom is -0.481 e. The van der Waals surface area contributed by atoms with Crippen molar-refractivity contribution in [2.45, 2.75) is 95.1 Å². The highest BCUT2D eigenvalue weighted by Gasteiger charge is 2.40. The number of aromatic nitrogens is 1. The molecule has 1 aromatic heterocycles. The van der Waals surface area contributed by atoms with Gasteiger partial charge in [-0.3, -0.25) is 28.8 Å². The maximum Gasteiger partial charge on any atom is 0.312 e. The summed E-state index contributed by atoms with van der Waals surface area (Å²) in [5, 5.41) is 23.8. The number of aryl methyl sites for hydroxylation is 1. The molecule has 56 heavy (non-hydrogen) atoms. The summed E-state index contributed by atoms with van der Waals surface area (Å²) in [4.78, 5) is 95.8. The third-order valence-electron chi connectivity index (χ3n) is 9.90. The van der Waals surface area contributed by atoms with Crippen LogP contribution >= 0.6 is 0 Å². The lowest BCUT2D eigenvalue weighted by atomic mass is 9.97. The number of carbonyl (C=O) groups is 7. The van der Waals surface area contributed by atoms with E-state index in [4.69, 9.17) is 10.5 Å². The molecule has 0 aliphatic carbocycles. The van der Waals surface area contributed by atoms with E-state index in [1.165, 1.54) is 4.90 Å². The molecular weight excluding hydrogens is 724 g/mol. The summed E-state index contributed by atoms with van der Waals surface area (Å²) < 4.78 is 5.03. The molecule has 2 aliphatic rings. The zero-order valence-corrected chi connectivity index (χ0v) is 31.3. The molecule has 17 nitrogen and oxygen atoms in total. The Morgan fingerprint density at radius 1 is 0.893 bits per heavy atom. The van der Waals surface area contributed by atoms with E-state index in [0.717, 1.165) is 27.6 Å². The Morgan fingerprint density at radius 2 is 1.62 bits per heavy atom. The number of urea groups is 1. The monoisotopic (exact) mass is 774 g/mol. The van der Waals surface area contributed by atoms with Crippen LogP contribution in [0.15, 0.2) is 54.7 Å². The van der Waals surface area contributed by atoms with Gasteiger partial charge in [0.25, 0.3) is 5.91 Å². The van der Waals surface area contributed by atoms with Crippen LogP contribution in [0.25, 0.3) is 10.9 Å². The number of hydrogen-bond acceptors (Lipinski definition) is 8. The van der Waals surface area contributed by atoms with Crippen LogP contribution in [-0.2, 0) is 46.5 Å².